The molecule has 0 radical (unpaired) electrons. The number of aryl methyl sites for hydroxylation is 1. The Balaban J connectivity index is 1.75. The molecular weight excluding hydrogens is 292 g/mol. The number of rotatable bonds is 6. The Morgan fingerprint density at radius 1 is 1.09 bits per heavy atom. The van der Waals surface area contributed by atoms with Gasteiger partial charge in [-0.2, -0.15) is 0 Å². The van der Waals surface area contributed by atoms with Gasteiger partial charge in [-0.1, -0.05) is 30.3 Å². The summed E-state index contributed by atoms with van der Waals surface area (Å²) in [6.45, 7) is 2.14. The molecule has 0 saturated heterocycles. The molecule has 0 aliphatic carbocycles. The van der Waals surface area contributed by atoms with Crippen LogP contribution in [-0.2, 0) is 6.42 Å². The van der Waals surface area contributed by atoms with Crippen LogP contribution in [0.1, 0.15) is 18.9 Å². The van der Waals surface area contributed by atoms with Crippen LogP contribution in [0.25, 0.3) is 0 Å². The zero-order valence-corrected chi connectivity index (χ0v) is 13.8. The third-order valence-corrected chi connectivity index (χ3v) is 3.65. The molecule has 2 aromatic carbocycles. The number of benzene rings is 2. The van der Waals surface area contributed by atoms with Crippen molar-refractivity contribution in [1.82, 2.24) is 5.32 Å². The van der Waals surface area contributed by atoms with Crippen LogP contribution in [-0.4, -0.2) is 18.3 Å². The molecule has 0 amide bonds. The van der Waals surface area contributed by atoms with Crippen molar-refractivity contribution in [3.63, 3.8) is 0 Å². The van der Waals surface area contributed by atoms with Crippen molar-refractivity contribution in [2.45, 2.75) is 25.8 Å². The Morgan fingerprint density at radius 3 is 2.41 bits per heavy atom. The van der Waals surface area contributed by atoms with Gasteiger partial charge >= 0.3 is 0 Å². The molecule has 0 aliphatic heterocycles. The van der Waals surface area contributed by atoms with Gasteiger partial charge in [0, 0.05) is 11.7 Å². The second kappa shape index (κ2) is 8.39. The lowest BCUT2D eigenvalue weighted by Crippen LogP contribution is -2.36. The number of hydrogen-bond acceptors (Lipinski definition) is 2. The second-order valence-corrected chi connectivity index (χ2v) is 5.66. The van der Waals surface area contributed by atoms with E-state index in [-0.39, 0.29) is 0 Å². The summed E-state index contributed by atoms with van der Waals surface area (Å²) >= 11 is 5.35. The van der Waals surface area contributed by atoms with E-state index < -0.39 is 0 Å². The first-order valence-electron chi connectivity index (χ1n) is 7.43. The van der Waals surface area contributed by atoms with E-state index in [9.17, 15) is 0 Å². The van der Waals surface area contributed by atoms with Gasteiger partial charge in [0.05, 0.1) is 7.11 Å². The van der Waals surface area contributed by atoms with E-state index in [1.165, 1.54) is 5.56 Å². The standard InChI is InChI=1S/C18H22N2OS/c1-14(8-9-15-6-4-3-5-7-15)19-18(22)20-16-10-12-17(21-2)13-11-16/h3-7,10-14H,8-9H2,1-2H3,(H2,19,20,22)/t14-/m1/s1. The molecule has 0 heterocycles. The summed E-state index contributed by atoms with van der Waals surface area (Å²) in [5.41, 5.74) is 2.30. The summed E-state index contributed by atoms with van der Waals surface area (Å²) in [5, 5.41) is 7.15. The average Bonchev–Trinajstić information content (AvgIpc) is 2.54. The monoisotopic (exact) mass is 314 g/mol. The van der Waals surface area contributed by atoms with Gasteiger partial charge in [0.25, 0.3) is 0 Å². The fraction of sp³-hybridized carbons (Fsp3) is 0.278. The molecule has 0 aliphatic rings. The van der Waals surface area contributed by atoms with Crippen molar-refractivity contribution in [1.29, 1.82) is 0 Å². The van der Waals surface area contributed by atoms with Gasteiger partial charge in [-0.15, -0.1) is 0 Å². The summed E-state index contributed by atoms with van der Waals surface area (Å²) in [7, 11) is 1.66. The Hall–Kier alpha value is -2.07. The molecule has 0 unspecified atom stereocenters. The Bertz CT molecular complexity index is 584. The highest BCUT2D eigenvalue weighted by Gasteiger charge is 2.05. The summed E-state index contributed by atoms with van der Waals surface area (Å²) in [4.78, 5) is 0. The minimum absolute atomic E-state index is 0.318. The first kappa shape index (κ1) is 16.3. The zero-order valence-electron chi connectivity index (χ0n) is 13.0. The van der Waals surface area contributed by atoms with E-state index in [4.69, 9.17) is 17.0 Å². The average molecular weight is 314 g/mol. The van der Waals surface area contributed by atoms with Crippen LogP contribution in [0.5, 0.6) is 5.75 Å². The number of ether oxygens (including phenoxy) is 1. The molecule has 22 heavy (non-hydrogen) atoms. The molecule has 2 aromatic rings. The lowest BCUT2D eigenvalue weighted by Gasteiger charge is -2.17. The van der Waals surface area contributed by atoms with Crippen LogP contribution in [0.2, 0.25) is 0 Å². The van der Waals surface area contributed by atoms with E-state index in [1.54, 1.807) is 7.11 Å². The van der Waals surface area contributed by atoms with Crippen LogP contribution < -0.4 is 15.4 Å². The van der Waals surface area contributed by atoms with Gasteiger partial charge in [0.15, 0.2) is 5.11 Å². The van der Waals surface area contributed by atoms with Crippen molar-refractivity contribution in [3.8, 4) is 5.75 Å². The van der Waals surface area contributed by atoms with Crippen molar-refractivity contribution >= 4 is 23.0 Å². The topological polar surface area (TPSA) is 33.3 Å². The third-order valence-electron chi connectivity index (χ3n) is 3.43. The lowest BCUT2D eigenvalue weighted by atomic mass is 10.1. The molecule has 2 N–H and O–H groups in total. The molecular formula is C18H22N2OS. The van der Waals surface area contributed by atoms with Gasteiger partial charge in [0.2, 0.25) is 0 Å². The molecule has 0 spiro atoms. The van der Waals surface area contributed by atoms with Crippen LogP contribution in [0.15, 0.2) is 54.6 Å². The maximum Gasteiger partial charge on any atom is 0.170 e. The smallest absolute Gasteiger partial charge is 0.170 e. The highest BCUT2D eigenvalue weighted by Crippen LogP contribution is 2.15. The van der Waals surface area contributed by atoms with Crippen molar-refractivity contribution in [2.24, 2.45) is 0 Å². The summed E-state index contributed by atoms with van der Waals surface area (Å²) in [6.07, 6.45) is 2.08. The maximum atomic E-state index is 5.35. The fourth-order valence-electron chi connectivity index (χ4n) is 2.17. The number of thiocarbonyl (C=S) groups is 1. The largest absolute Gasteiger partial charge is 0.497 e. The van der Waals surface area contributed by atoms with Gasteiger partial charge in [0.1, 0.15) is 5.75 Å². The molecule has 0 aromatic heterocycles. The third kappa shape index (κ3) is 5.37. The fourth-order valence-corrected chi connectivity index (χ4v) is 2.48. The molecule has 0 saturated carbocycles. The van der Waals surface area contributed by atoms with Gasteiger partial charge in [-0.3, -0.25) is 0 Å². The molecule has 116 valence electrons. The van der Waals surface area contributed by atoms with Gasteiger partial charge in [-0.05, 0) is 61.8 Å². The summed E-state index contributed by atoms with van der Waals surface area (Å²) in [5.74, 6) is 0.834. The van der Waals surface area contributed by atoms with Crippen LogP contribution in [0.3, 0.4) is 0 Å². The minimum Gasteiger partial charge on any atom is -0.497 e. The summed E-state index contributed by atoms with van der Waals surface area (Å²) in [6, 6.07) is 18.5. The van der Waals surface area contributed by atoms with Crippen LogP contribution in [0, 0.1) is 0 Å². The van der Waals surface area contributed by atoms with Gasteiger partial charge in [-0.25, -0.2) is 0 Å². The van der Waals surface area contributed by atoms with E-state index >= 15 is 0 Å². The maximum absolute atomic E-state index is 5.35. The Morgan fingerprint density at radius 2 is 1.77 bits per heavy atom. The lowest BCUT2D eigenvalue weighted by molar-refractivity contribution is 0.415. The highest BCUT2D eigenvalue weighted by molar-refractivity contribution is 7.80. The number of hydrogen-bond donors (Lipinski definition) is 2. The highest BCUT2D eigenvalue weighted by atomic mass is 32.1. The van der Waals surface area contributed by atoms with Crippen LogP contribution >= 0.6 is 12.2 Å². The van der Waals surface area contributed by atoms with E-state index in [0.717, 1.165) is 24.3 Å². The quantitative estimate of drug-likeness (QED) is 0.790. The molecule has 0 bridgehead atoms. The molecule has 1 atom stereocenters. The first-order valence-corrected chi connectivity index (χ1v) is 7.83. The predicted octanol–water partition coefficient (Wildman–Crippen LogP) is 4.00. The molecule has 2 rings (SSSR count). The number of nitrogens with one attached hydrogen (secondary N) is 2. The molecule has 3 nitrogen and oxygen atoms in total. The Labute approximate surface area is 137 Å². The first-order chi connectivity index (χ1) is 10.7. The van der Waals surface area contributed by atoms with Crippen LogP contribution in [0.4, 0.5) is 5.69 Å². The molecule has 0 fully saturated rings. The van der Waals surface area contributed by atoms with E-state index in [2.05, 4.69) is 41.8 Å². The number of anilines is 1. The Kier molecular flexibility index (Phi) is 6.22. The predicted molar refractivity (Wildman–Crippen MR) is 96.6 cm³/mol. The SMILES string of the molecule is COc1ccc(NC(=S)N[C@H](C)CCc2ccccc2)cc1. The van der Waals surface area contributed by atoms with Gasteiger partial charge < -0.3 is 15.4 Å². The zero-order chi connectivity index (χ0) is 15.8. The second-order valence-electron chi connectivity index (χ2n) is 5.25. The van der Waals surface area contributed by atoms with E-state index in [0.29, 0.717) is 11.2 Å². The van der Waals surface area contributed by atoms with Crippen molar-refractivity contribution < 1.29 is 4.74 Å². The number of methoxy groups -OCH3 is 1. The van der Waals surface area contributed by atoms with Crippen molar-refractivity contribution in [2.75, 3.05) is 12.4 Å². The molecule has 4 heteroatoms. The normalized spacial score (nSPS) is 11.5. The van der Waals surface area contributed by atoms with Crippen molar-refractivity contribution in [3.05, 3.63) is 60.2 Å². The van der Waals surface area contributed by atoms with E-state index in [1.807, 2.05) is 30.3 Å². The summed E-state index contributed by atoms with van der Waals surface area (Å²) < 4.78 is 5.14. The minimum atomic E-state index is 0.318.